The summed E-state index contributed by atoms with van der Waals surface area (Å²) in [6.45, 7) is 8.41. The zero-order chi connectivity index (χ0) is 13.1. The predicted molar refractivity (Wildman–Crippen MR) is 72.3 cm³/mol. The van der Waals surface area contributed by atoms with Crippen molar-refractivity contribution in [3.63, 3.8) is 0 Å². The van der Waals surface area contributed by atoms with E-state index in [4.69, 9.17) is 0 Å². The van der Waals surface area contributed by atoms with E-state index in [0.29, 0.717) is 11.8 Å². The van der Waals surface area contributed by atoms with Crippen molar-refractivity contribution in [2.45, 2.75) is 59.4 Å². The van der Waals surface area contributed by atoms with Crippen LogP contribution in [0.2, 0.25) is 0 Å². The monoisotopic (exact) mass is 261 g/mol. The van der Waals surface area contributed by atoms with E-state index in [2.05, 4.69) is 18.6 Å². The van der Waals surface area contributed by atoms with Crippen LogP contribution in [0.15, 0.2) is 0 Å². The Hall–Kier alpha value is -0.0900. The number of hydrogen-bond donors (Lipinski definition) is 1. The SMILES string of the molecule is CCC(C)CS(=O)(=O)NC1CCCC(C)C1C. The van der Waals surface area contributed by atoms with E-state index in [1.54, 1.807) is 0 Å². The summed E-state index contributed by atoms with van der Waals surface area (Å²) in [5.74, 6) is 1.58. The van der Waals surface area contributed by atoms with Crippen molar-refractivity contribution in [3.8, 4) is 0 Å². The van der Waals surface area contributed by atoms with E-state index in [1.165, 1.54) is 6.42 Å². The van der Waals surface area contributed by atoms with Crippen molar-refractivity contribution in [1.29, 1.82) is 0 Å². The minimum atomic E-state index is -3.10. The van der Waals surface area contributed by atoms with E-state index in [0.717, 1.165) is 19.3 Å². The Morgan fingerprint density at radius 3 is 2.53 bits per heavy atom. The molecule has 1 N–H and O–H groups in total. The van der Waals surface area contributed by atoms with Gasteiger partial charge in [-0.2, -0.15) is 0 Å². The van der Waals surface area contributed by atoms with Gasteiger partial charge in [-0.1, -0.05) is 47.0 Å². The number of sulfonamides is 1. The molecule has 102 valence electrons. The van der Waals surface area contributed by atoms with Gasteiger partial charge in [0.1, 0.15) is 0 Å². The smallest absolute Gasteiger partial charge is 0.212 e. The molecule has 1 aliphatic rings. The minimum Gasteiger partial charge on any atom is -0.212 e. The summed E-state index contributed by atoms with van der Waals surface area (Å²) in [6.07, 6.45) is 4.27. The molecular formula is C13H27NO2S. The molecule has 0 aromatic heterocycles. The van der Waals surface area contributed by atoms with Gasteiger partial charge < -0.3 is 0 Å². The zero-order valence-electron chi connectivity index (χ0n) is 11.6. The lowest BCUT2D eigenvalue weighted by Gasteiger charge is -2.34. The Morgan fingerprint density at radius 2 is 1.94 bits per heavy atom. The van der Waals surface area contributed by atoms with E-state index >= 15 is 0 Å². The van der Waals surface area contributed by atoms with Crippen molar-refractivity contribution < 1.29 is 8.42 Å². The topological polar surface area (TPSA) is 46.2 Å². The van der Waals surface area contributed by atoms with Crippen LogP contribution in [0.4, 0.5) is 0 Å². The maximum Gasteiger partial charge on any atom is 0.212 e. The molecular weight excluding hydrogens is 234 g/mol. The summed E-state index contributed by atoms with van der Waals surface area (Å²) in [5, 5.41) is 0. The first-order valence-corrected chi connectivity index (χ1v) is 8.51. The summed E-state index contributed by atoms with van der Waals surface area (Å²) in [7, 11) is -3.10. The van der Waals surface area contributed by atoms with Crippen LogP contribution >= 0.6 is 0 Å². The second-order valence-electron chi connectivity index (χ2n) is 5.79. The highest BCUT2D eigenvalue weighted by atomic mass is 32.2. The van der Waals surface area contributed by atoms with Crippen molar-refractivity contribution >= 4 is 10.0 Å². The lowest BCUT2D eigenvalue weighted by molar-refractivity contribution is 0.226. The first kappa shape index (κ1) is 15.0. The van der Waals surface area contributed by atoms with Gasteiger partial charge in [0.05, 0.1) is 5.75 Å². The van der Waals surface area contributed by atoms with E-state index in [9.17, 15) is 8.42 Å². The second kappa shape index (κ2) is 6.19. The van der Waals surface area contributed by atoms with Gasteiger partial charge in [-0.15, -0.1) is 0 Å². The Labute approximate surface area is 106 Å². The highest BCUT2D eigenvalue weighted by Crippen LogP contribution is 2.29. The molecule has 0 spiro atoms. The van der Waals surface area contributed by atoms with Crippen LogP contribution in [0.5, 0.6) is 0 Å². The van der Waals surface area contributed by atoms with Gasteiger partial charge in [-0.05, 0) is 24.2 Å². The molecule has 1 aliphatic carbocycles. The molecule has 4 unspecified atom stereocenters. The average Bonchev–Trinajstić information content (AvgIpc) is 2.23. The first-order valence-electron chi connectivity index (χ1n) is 6.85. The molecule has 17 heavy (non-hydrogen) atoms. The van der Waals surface area contributed by atoms with Crippen LogP contribution in [0.3, 0.4) is 0 Å². The molecule has 4 heteroatoms. The molecule has 0 heterocycles. The van der Waals surface area contributed by atoms with Crippen LogP contribution < -0.4 is 4.72 Å². The molecule has 0 aromatic carbocycles. The summed E-state index contributed by atoms with van der Waals surface area (Å²) in [4.78, 5) is 0. The molecule has 1 fully saturated rings. The van der Waals surface area contributed by atoms with Crippen LogP contribution in [-0.4, -0.2) is 20.2 Å². The molecule has 1 rings (SSSR count). The maximum absolute atomic E-state index is 12.0. The normalized spacial score (nSPS) is 32.4. The highest BCUT2D eigenvalue weighted by Gasteiger charge is 2.30. The fourth-order valence-electron chi connectivity index (χ4n) is 2.52. The lowest BCUT2D eigenvalue weighted by atomic mass is 9.78. The molecule has 0 radical (unpaired) electrons. The largest absolute Gasteiger partial charge is 0.212 e. The molecule has 0 aromatic rings. The van der Waals surface area contributed by atoms with Crippen LogP contribution in [-0.2, 0) is 10.0 Å². The Bertz CT molecular complexity index is 326. The number of rotatable bonds is 5. The van der Waals surface area contributed by atoms with Crippen LogP contribution in [0, 0.1) is 17.8 Å². The standard InChI is InChI=1S/C13H27NO2S/c1-5-10(2)9-17(15,16)14-13-8-6-7-11(3)12(13)4/h10-14H,5-9H2,1-4H3. The van der Waals surface area contributed by atoms with Gasteiger partial charge in [-0.25, -0.2) is 13.1 Å². The summed E-state index contributed by atoms with van der Waals surface area (Å²) >= 11 is 0. The summed E-state index contributed by atoms with van der Waals surface area (Å²) < 4.78 is 26.9. The molecule has 4 atom stereocenters. The van der Waals surface area contributed by atoms with Crippen molar-refractivity contribution in [2.75, 3.05) is 5.75 Å². The predicted octanol–water partition coefficient (Wildman–Crippen LogP) is 2.78. The molecule has 0 amide bonds. The van der Waals surface area contributed by atoms with E-state index in [-0.39, 0.29) is 17.7 Å². The van der Waals surface area contributed by atoms with Crippen LogP contribution in [0.1, 0.15) is 53.4 Å². The average molecular weight is 261 g/mol. The Morgan fingerprint density at radius 1 is 1.29 bits per heavy atom. The maximum atomic E-state index is 12.0. The van der Waals surface area contributed by atoms with Gasteiger partial charge in [0.15, 0.2) is 0 Å². The van der Waals surface area contributed by atoms with Gasteiger partial charge in [0.2, 0.25) is 10.0 Å². The third kappa shape index (κ3) is 4.59. The number of nitrogens with one attached hydrogen (secondary N) is 1. The summed E-state index contributed by atoms with van der Waals surface area (Å²) in [6, 6.07) is 0.146. The van der Waals surface area contributed by atoms with Crippen LogP contribution in [0.25, 0.3) is 0 Å². The summed E-state index contributed by atoms with van der Waals surface area (Å²) in [5.41, 5.74) is 0. The minimum absolute atomic E-state index is 0.146. The first-order chi connectivity index (χ1) is 7.85. The van der Waals surface area contributed by atoms with E-state index in [1.807, 2.05) is 13.8 Å². The molecule has 3 nitrogen and oxygen atoms in total. The van der Waals surface area contributed by atoms with Gasteiger partial charge in [0, 0.05) is 6.04 Å². The molecule has 0 saturated heterocycles. The molecule has 0 bridgehead atoms. The third-order valence-electron chi connectivity index (χ3n) is 4.24. The highest BCUT2D eigenvalue weighted by molar-refractivity contribution is 7.89. The quantitative estimate of drug-likeness (QED) is 0.827. The van der Waals surface area contributed by atoms with E-state index < -0.39 is 10.0 Å². The van der Waals surface area contributed by atoms with Crippen molar-refractivity contribution in [2.24, 2.45) is 17.8 Å². The Balaban J connectivity index is 2.57. The van der Waals surface area contributed by atoms with Gasteiger partial charge in [-0.3, -0.25) is 0 Å². The van der Waals surface area contributed by atoms with Crippen molar-refractivity contribution in [1.82, 2.24) is 4.72 Å². The fourth-order valence-corrected chi connectivity index (χ4v) is 4.39. The molecule has 1 saturated carbocycles. The third-order valence-corrected chi connectivity index (χ3v) is 5.91. The molecule has 0 aliphatic heterocycles. The van der Waals surface area contributed by atoms with Crippen molar-refractivity contribution in [3.05, 3.63) is 0 Å². The van der Waals surface area contributed by atoms with Gasteiger partial charge in [0.25, 0.3) is 0 Å². The lowest BCUT2D eigenvalue weighted by Crippen LogP contribution is -2.45. The fraction of sp³-hybridized carbons (Fsp3) is 1.00. The van der Waals surface area contributed by atoms with Gasteiger partial charge >= 0.3 is 0 Å². The zero-order valence-corrected chi connectivity index (χ0v) is 12.4. The second-order valence-corrected chi connectivity index (χ2v) is 7.59. The number of hydrogen-bond acceptors (Lipinski definition) is 2. The Kier molecular flexibility index (Phi) is 5.45.